The molecule has 3 heterocycles. The van der Waals surface area contributed by atoms with Gasteiger partial charge in [-0.2, -0.15) is 0 Å². The van der Waals surface area contributed by atoms with Crippen molar-refractivity contribution in [1.82, 2.24) is 15.0 Å². The Labute approximate surface area is 139 Å². The summed E-state index contributed by atoms with van der Waals surface area (Å²) in [5.41, 5.74) is 2.80. The number of hydrogen-bond donors (Lipinski definition) is 1. The molecule has 3 aromatic rings. The van der Waals surface area contributed by atoms with Crippen LogP contribution in [0.1, 0.15) is 26.2 Å². The van der Waals surface area contributed by atoms with Gasteiger partial charge in [0, 0.05) is 17.4 Å². The van der Waals surface area contributed by atoms with Gasteiger partial charge < -0.3 is 14.6 Å². The van der Waals surface area contributed by atoms with Crippen LogP contribution in [0.25, 0.3) is 21.9 Å². The highest BCUT2D eigenvalue weighted by molar-refractivity contribution is 6.08. The SMILES string of the molecule is CCOC(=O)C1CCCCN1c1ncnc2c1[nH]c1ccccc12. The van der Waals surface area contributed by atoms with Gasteiger partial charge in [0.15, 0.2) is 5.82 Å². The summed E-state index contributed by atoms with van der Waals surface area (Å²) in [5, 5.41) is 1.07. The van der Waals surface area contributed by atoms with Crippen LogP contribution in [0.2, 0.25) is 0 Å². The van der Waals surface area contributed by atoms with Crippen molar-refractivity contribution in [2.75, 3.05) is 18.1 Å². The fourth-order valence-corrected chi connectivity index (χ4v) is 3.52. The summed E-state index contributed by atoms with van der Waals surface area (Å²) in [6, 6.07) is 7.79. The third-order valence-electron chi connectivity index (χ3n) is 4.60. The van der Waals surface area contributed by atoms with Crippen molar-refractivity contribution in [3.63, 3.8) is 0 Å². The highest BCUT2D eigenvalue weighted by Crippen LogP contribution is 2.32. The molecule has 124 valence electrons. The van der Waals surface area contributed by atoms with Crippen LogP contribution in [-0.4, -0.2) is 40.1 Å². The van der Waals surface area contributed by atoms with E-state index in [-0.39, 0.29) is 12.0 Å². The zero-order valence-corrected chi connectivity index (χ0v) is 13.7. The third kappa shape index (κ3) is 2.38. The molecule has 4 rings (SSSR count). The Bertz CT molecular complexity index is 889. The average molecular weight is 324 g/mol. The van der Waals surface area contributed by atoms with E-state index < -0.39 is 0 Å². The standard InChI is InChI=1S/C18H20N4O2/c1-2-24-18(23)14-9-5-6-10-22(14)17-16-15(19-11-20-17)12-7-3-4-8-13(12)21-16/h3-4,7-8,11,14,21H,2,5-6,9-10H2,1H3. The van der Waals surface area contributed by atoms with Crippen LogP contribution < -0.4 is 4.90 Å². The molecule has 1 aliphatic heterocycles. The van der Waals surface area contributed by atoms with E-state index in [4.69, 9.17) is 4.74 Å². The molecule has 6 nitrogen and oxygen atoms in total. The van der Waals surface area contributed by atoms with Crippen LogP contribution in [0, 0.1) is 0 Å². The second-order valence-corrected chi connectivity index (χ2v) is 6.05. The quantitative estimate of drug-likeness (QED) is 0.750. The monoisotopic (exact) mass is 324 g/mol. The number of H-pyrrole nitrogens is 1. The van der Waals surface area contributed by atoms with Gasteiger partial charge in [0.1, 0.15) is 23.4 Å². The normalized spacial score (nSPS) is 18.2. The highest BCUT2D eigenvalue weighted by atomic mass is 16.5. The topological polar surface area (TPSA) is 71.1 Å². The summed E-state index contributed by atoms with van der Waals surface area (Å²) in [6.07, 6.45) is 4.45. The molecule has 24 heavy (non-hydrogen) atoms. The largest absolute Gasteiger partial charge is 0.464 e. The second kappa shape index (κ2) is 6.11. The van der Waals surface area contributed by atoms with Gasteiger partial charge in [0.25, 0.3) is 0 Å². The highest BCUT2D eigenvalue weighted by Gasteiger charge is 2.32. The number of nitrogens with zero attached hydrogens (tertiary/aromatic N) is 3. The van der Waals surface area contributed by atoms with Crippen molar-refractivity contribution in [3.8, 4) is 0 Å². The number of benzene rings is 1. The van der Waals surface area contributed by atoms with E-state index in [1.54, 1.807) is 6.33 Å². The van der Waals surface area contributed by atoms with Crippen molar-refractivity contribution in [2.45, 2.75) is 32.2 Å². The number of carbonyl (C=O) groups is 1. The van der Waals surface area contributed by atoms with Crippen LogP contribution in [0.3, 0.4) is 0 Å². The lowest BCUT2D eigenvalue weighted by Gasteiger charge is -2.34. The van der Waals surface area contributed by atoms with E-state index in [0.29, 0.717) is 6.61 Å². The molecule has 1 aromatic carbocycles. The van der Waals surface area contributed by atoms with Gasteiger partial charge in [-0.1, -0.05) is 18.2 Å². The van der Waals surface area contributed by atoms with Gasteiger partial charge in [0.05, 0.1) is 6.61 Å². The molecule has 1 unspecified atom stereocenters. The van der Waals surface area contributed by atoms with Gasteiger partial charge in [-0.05, 0) is 32.3 Å². The van der Waals surface area contributed by atoms with Gasteiger partial charge >= 0.3 is 5.97 Å². The Kier molecular flexibility index (Phi) is 3.80. The number of nitrogens with one attached hydrogen (secondary N) is 1. The first kappa shape index (κ1) is 14.9. The van der Waals surface area contributed by atoms with Crippen molar-refractivity contribution >= 4 is 33.7 Å². The molecule has 0 amide bonds. The summed E-state index contributed by atoms with van der Waals surface area (Å²) in [5.74, 6) is 0.619. The molecule has 1 atom stereocenters. The van der Waals surface area contributed by atoms with E-state index in [1.807, 2.05) is 31.2 Å². The lowest BCUT2D eigenvalue weighted by atomic mass is 10.0. The van der Waals surface area contributed by atoms with Crippen LogP contribution in [-0.2, 0) is 9.53 Å². The maximum atomic E-state index is 12.4. The molecular formula is C18H20N4O2. The Balaban J connectivity index is 1.83. The molecule has 0 aliphatic carbocycles. The first-order valence-corrected chi connectivity index (χ1v) is 8.44. The van der Waals surface area contributed by atoms with Crippen molar-refractivity contribution in [3.05, 3.63) is 30.6 Å². The number of aromatic nitrogens is 3. The number of esters is 1. The molecule has 0 saturated carbocycles. The summed E-state index contributed by atoms with van der Waals surface area (Å²) in [4.78, 5) is 26.8. The number of ether oxygens (including phenoxy) is 1. The Morgan fingerprint density at radius 2 is 2.21 bits per heavy atom. The number of anilines is 1. The Morgan fingerprint density at radius 1 is 1.33 bits per heavy atom. The minimum atomic E-state index is -0.275. The predicted octanol–water partition coefficient (Wildman–Crippen LogP) is 3.03. The minimum Gasteiger partial charge on any atom is -0.464 e. The zero-order chi connectivity index (χ0) is 16.5. The molecule has 0 radical (unpaired) electrons. The molecule has 0 bridgehead atoms. The number of para-hydroxylation sites is 1. The van der Waals surface area contributed by atoms with E-state index in [0.717, 1.165) is 53.6 Å². The summed E-state index contributed by atoms with van der Waals surface area (Å²) < 4.78 is 5.27. The van der Waals surface area contributed by atoms with E-state index in [1.165, 1.54) is 0 Å². The number of rotatable bonds is 3. The number of fused-ring (bicyclic) bond motifs is 3. The summed E-state index contributed by atoms with van der Waals surface area (Å²) in [7, 11) is 0. The lowest BCUT2D eigenvalue weighted by Crippen LogP contribution is -2.46. The van der Waals surface area contributed by atoms with Gasteiger partial charge in [-0.25, -0.2) is 14.8 Å². The van der Waals surface area contributed by atoms with E-state index >= 15 is 0 Å². The van der Waals surface area contributed by atoms with Crippen LogP contribution in [0.15, 0.2) is 30.6 Å². The first-order chi connectivity index (χ1) is 11.8. The third-order valence-corrected chi connectivity index (χ3v) is 4.60. The lowest BCUT2D eigenvalue weighted by molar-refractivity contribution is -0.145. The van der Waals surface area contributed by atoms with Crippen LogP contribution in [0.5, 0.6) is 0 Å². The number of piperidine rings is 1. The van der Waals surface area contributed by atoms with Gasteiger partial charge in [0.2, 0.25) is 0 Å². The molecule has 1 N–H and O–H groups in total. The Hall–Kier alpha value is -2.63. The molecule has 1 fully saturated rings. The molecular weight excluding hydrogens is 304 g/mol. The van der Waals surface area contributed by atoms with Crippen LogP contribution in [0.4, 0.5) is 5.82 Å². The fourth-order valence-electron chi connectivity index (χ4n) is 3.52. The summed E-state index contributed by atoms with van der Waals surface area (Å²) in [6.45, 7) is 3.03. The first-order valence-electron chi connectivity index (χ1n) is 8.44. The molecule has 1 aliphatic rings. The zero-order valence-electron chi connectivity index (χ0n) is 13.7. The average Bonchev–Trinajstić information content (AvgIpc) is 3.01. The smallest absolute Gasteiger partial charge is 0.328 e. The van der Waals surface area contributed by atoms with Crippen LogP contribution >= 0.6 is 0 Å². The predicted molar refractivity (Wildman–Crippen MR) is 93.0 cm³/mol. The second-order valence-electron chi connectivity index (χ2n) is 6.05. The minimum absolute atomic E-state index is 0.167. The van der Waals surface area contributed by atoms with E-state index in [2.05, 4.69) is 19.9 Å². The van der Waals surface area contributed by atoms with E-state index in [9.17, 15) is 4.79 Å². The molecule has 2 aromatic heterocycles. The molecule has 0 spiro atoms. The Morgan fingerprint density at radius 3 is 3.08 bits per heavy atom. The maximum Gasteiger partial charge on any atom is 0.328 e. The number of hydrogen-bond acceptors (Lipinski definition) is 5. The number of carbonyl (C=O) groups excluding carboxylic acids is 1. The molecule has 1 saturated heterocycles. The fraction of sp³-hybridized carbons (Fsp3) is 0.389. The summed E-state index contributed by atoms with van der Waals surface area (Å²) >= 11 is 0. The van der Waals surface area contributed by atoms with Crippen molar-refractivity contribution in [2.24, 2.45) is 0 Å². The van der Waals surface area contributed by atoms with Crippen molar-refractivity contribution in [1.29, 1.82) is 0 Å². The van der Waals surface area contributed by atoms with Gasteiger partial charge in [-0.3, -0.25) is 0 Å². The van der Waals surface area contributed by atoms with Gasteiger partial charge in [-0.15, -0.1) is 0 Å². The maximum absolute atomic E-state index is 12.4. The number of aromatic amines is 1. The molecule has 6 heteroatoms. The van der Waals surface area contributed by atoms with Crippen molar-refractivity contribution < 1.29 is 9.53 Å².